The summed E-state index contributed by atoms with van der Waals surface area (Å²) in [6, 6.07) is 1.59. The van der Waals surface area contributed by atoms with Crippen molar-refractivity contribution in [2.75, 3.05) is 18.0 Å². The highest BCUT2D eigenvalue weighted by atomic mass is 16.5. The van der Waals surface area contributed by atoms with Crippen LogP contribution in [0.25, 0.3) is 0 Å². The van der Waals surface area contributed by atoms with Crippen molar-refractivity contribution >= 4 is 5.95 Å². The minimum Gasteiger partial charge on any atom is -0.361 e. The van der Waals surface area contributed by atoms with E-state index in [9.17, 15) is 4.79 Å². The molecule has 0 radical (unpaired) electrons. The molecule has 1 atom stereocenters. The van der Waals surface area contributed by atoms with Gasteiger partial charge in [0.2, 0.25) is 5.95 Å². The van der Waals surface area contributed by atoms with E-state index in [0.29, 0.717) is 18.3 Å². The van der Waals surface area contributed by atoms with Crippen LogP contribution in [0.15, 0.2) is 15.4 Å². The number of anilines is 1. The lowest BCUT2D eigenvalue weighted by Gasteiger charge is -2.31. The van der Waals surface area contributed by atoms with Gasteiger partial charge in [-0.25, -0.2) is 4.98 Å². The summed E-state index contributed by atoms with van der Waals surface area (Å²) in [6.07, 6.45) is 3.89. The van der Waals surface area contributed by atoms with Gasteiger partial charge in [-0.05, 0) is 45.4 Å². The van der Waals surface area contributed by atoms with E-state index < -0.39 is 0 Å². The summed E-state index contributed by atoms with van der Waals surface area (Å²) in [4.78, 5) is 21.7. The van der Waals surface area contributed by atoms with Crippen LogP contribution >= 0.6 is 0 Å². The molecule has 3 rings (SSSR count). The van der Waals surface area contributed by atoms with Crippen LogP contribution in [0.1, 0.15) is 42.5 Å². The molecule has 1 aliphatic heterocycles. The van der Waals surface area contributed by atoms with Crippen LogP contribution in [0.5, 0.6) is 0 Å². The first-order chi connectivity index (χ1) is 11.0. The Hall–Kier alpha value is -2.11. The average Bonchev–Trinajstić information content (AvgIpc) is 2.83. The topological polar surface area (TPSA) is 75.0 Å². The SMILES string of the molecule is Cc1noc(C)c1CCc1cc(=O)[nH]c(N2CCCC(C)C2)n1. The maximum absolute atomic E-state index is 12.0. The molecule has 1 unspecified atom stereocenters. The van der Waals surface area contributed by atoms with Gasteiger partial charge in [0.15, 0.2) is 0 Å². The van der Waals surface area contributed by atoms with Crippen LogP contribution in [0.4, 0.5) is 5.95 Å². The summed E-state index contributed by atoms with van der Waals surface area (Å²) >= 11 is 0. The van der Waals surface area contributed by atoms with E-state index in [-0.39, 0.29) is 5.56 Å². The predicted octanol–water partition coefficient (Wildman–Crippen LogP) is 2.40. The molecule has 6 heteroatoms. The Morgan fingerprint density at radius 1 is 1.39 bits per heavy atom. The zero-order valence-electron chi connectivity index (χ0n) is 14.1. The van der Waals surface area contributed by atoms with Gasteiger partial charge in [0.25, 0.3) is 5.56 Å². The van der Waals surface area contributed by atoms with Gasteiger partial charge in [0.1, 0.15) is 5.76 Å². The van der Waals surface area contributed by atoms with Crippen molar-refractivity contribution in [3.05, 3.63) is 39.1 Å². The number of nitrogens with one attached hydrogen (secondary N) is 1. The molecule has 1 fully saturated rings. The van der Waals surface area contributed by atoms with E-state index in [1.807, 2.05) is 13.8 Å². The fraction of sp³-hybridized carbons (Fsp3) is 0.588. The molecule has 2 aromatic heterocycles. The standard InChI is InChI=1S/C17H24N4O2/c1-11-5-4-8-21(10-11)17-18-14(9-16(22)19-17)6-7-15-12(2)20-23-13(15)3/h9,11H,4-8,10H2,1-3H3,(H,18,19,22). The number of hydrogen-bond donors (Lipinski definition) is 1. The van der Waals surface area contributed by atoms with E-state index in [2.05, 4.69) is 26.9 Å². The Morgan fingerprint density at radius 2 is 2.22 bits per heavy atom. The van der Waals surface area contributed by atoms with Crippen LogP contribution in [0.3, 0.4) is 0 Å². The molecule has 0 aliphatic carbocycles. The Kier molecular flexibility index (Phi) is 4.50. The lowest BCUT2D eigenvalue weighted by atomic mass is 10.0. The maximum Gasteiger partial charge on any atom is 0.252 e. The highest BCUT2D eigenvalue weighted by Gasteiger charge is 2.19. The van der Waals surface area contributed by atoms with E-state index in [1.165, 1.54) is 6.42 Å². The fourth-order valence-electron chi connectivity index (χ4n) is 3.27. The zero-order chi connectivity index (χ0) is 16.4. The van der Waals surface area contributed by atoms with Crippen molar-refractivity contribution in [1.29, 1.82) is 0 Å². The van der Waals surface area contributed by atoms with E-state index >= 15 is 0 Å². The molecule has 0 spiro atoms. The van der Waals surface area contributed by atoms with Gasteiger partial charge in [-0.1, -0.05) is 12.1 Å². The first-order valence-electron chi connectivity index (χ1n) is 8.30. The maximum atomic E-state index is 12.0. The second-order valence-corrected chi connectivity index (χ2v) is 6.56. The van der Waals surface area contributed by atoms with Crippen molar-refractivity contribution in [2.24, 2.45) is 5.92 Å². The summed E-state index contributed by atoms with van der Waals surface area (Å²) in [5, 5.41) is 3.97. The molecule has 23 heavy (non-hydrogen) atoms. The van der Waals surface area contributed by atoms with E-state index in [4.69, 9.17) is 4.52 Å². The first kappa shape index (κ1) is 15.8. The van der Waals surface area contributed by atoms with Crippen LogP contribution in [0.2, 0.25) is 0 Å². The summed E-state index contributed by atoms with van der Waals surface area (Å²) in [5.74, 6) is 2.19. The second-order valence-electron chi connectivity index (χ2n) is 6.56. The third kappa shape index (κ3) is 3.63. The lowest BCUT2D eigenvalue weighted by Crippen LogP contribution is -2.36. The number of nitrogens with zero attached hydrogens (tertiary/aromatic N) is 3. The number of H-pyrrole nitrogens is 1. The minimum absolute atomic E-state index is 0.0815. The monoisotopic (exact) mass is 316 g/mol. The third-order valence-electron chi connectivity index (χ3n) is 4.55. The lowest BCUT2D eigenvalue weighted by molar-refractivity contribution is 0.392. The first-order valence-corrected chi connectivity index (χ1v) is 8.30. The fourth-order valence-corrected chi connectivity index (χ4v) is 3.27. The van der Waals surface area contributed by atoms with Gasteiger partial charge in [-0.3, -0.25) is 9.78 Å². The third-order valence-corrected chi connectivity index (χ3v) is 4.55. The van der Waals surface area contributed by atoms with Crippen LogP contribution in [0, 0.1) is 19.8 Å². The minimum atomic E-state index is -0.0815. The molecule has 1 saturated heterocycles. The van der Waals surface area contributed by atoms with Gasteiger partial charge in [-0.2, -0.15) is 0 Å². The molecule has 3 heterocycles. The van der Waals surface area contributed by atoms with Gasteiger partial charge in [0, 0.05) is 24.7 Å². The number of rotatable bonds is 4. The number of aromatic amines is 1. The Labute approximate surface area is 135 Å². The van der Waals surface area contributed by atoms with E-state index in [0.717, 1.165) is 48.6 Å². The van der Waals surface area contributed by atoms with Gasteiger partial charge in [0.05, 0.1) is 11.4 Å². The molecule has 2 aromatic rings. The number of aryl methyl sites for hydroxylation is 3. The second kappa shape index (κ2) is 6.56. The molecular formula is C17H24N4O2. The molecule has 6 nitrogen and oxygen atoms in total. The van der Waals surface area contributed by atoms with Crippen molar-refractivity contribution in [3.8, 4) is 0 Å². The molecular weight excluding hydrogens is 292 g/mol. The number of hydrogen-bond acceptors (Lipinski definition) is 5. The Bertz CT molecular complexity index is 715. The van der Waals surface area contributed by atoms with Crippen LogP contribution in [-0.4, -0.2) is 28.2 Å². The molecule has 0 saturated carbocycles. The van der Waals surface area contributed by atoms with Gasteiger partial charge in [-0.15, -0.1) is 0 Å². The van der Waals surface area contributed by atoms with Crippen molar-refractivity contribution in [3.63, 3.8) is 0 Å². The van der Waals surface area contributed by atoms with Gasteiger partial charge < -0.3 is 9.42 Å². The Morgan fingerprint density at radius 3 is 2.91 bits per heavy atom. The molecule has 1 aliphatic rings. The molecule has 0 aromatic carbocycles. The van der Waals surface area contributed by atoms with Crippen LogP contribution in [-0.2, 0) is 12.8 Å². The zero-order valence-corrected chi connectivity index (χ0v) is 14.1. The summed E-state index contributed by atoms with van der Waals surface area (Å²) in [6.45, 7) is 8.02. The highest BCUT2D eigenvalue weighted by molar-refractivity contribution is 5.31. The quantitative estimate of drug-likeness (QED) is 0.937. The molecule has 0 amide bonds. The normalized spacial score (nSPS) is 18.4. The van der Waals surface area contributed by atoms with E-state index in [1.54, 1.807) is 6.07 Å². The van der Waals surface area contributed by atoms with Crippen molar-refractivity contribution < 1.29 is 4.52 Å². The number of piperidine rings is 1. The number of aromatic nitrogens is 3. The van der Waals surface area contributed by atoms with Crippen molar-refractivity contribution in [2.45, 2.75) is 46.5 Å². The van der Waals surface area contributed by atoms with Gasteiger partial charge >= 0.3 is 0 Å². The molecule has 1 N–H and O–H groups in total. The predicted molar refractivity (Wildman–Crippen MR) is 88.9 cm³/mol. The highest BCUT2D eigenvalue weighted by Crippen LogP contribution is 2.20. The largest absolute Gasteiger partial charge is 0.361 e. The molecule has 124 valence electrons. The average molecular weight is 316 g/mol. The summed E-state index contributed by atoms with van der Waals surface area (Å²) < 4.78 is 5.19. The summed E-state index contributed by atoms with van der Waals surface area (Å²) in [5.41, 5.74) is 2.77. The smallest absolute Gasteiger partial charge is 0.252 e. The summed E-state index contributed by atoms with van der Waals surface area (Å²) in [7, 11) is 0. The molecule has 0 bridgehead atoms. The van der Waals surface area contributed by atoms with Crippen LogP contribution < -0.4 is 10.5 Å². The Balaban J connectivity index is 1.76. The van der Waals surface area contributed by atoms with Crippen molar-refractivity contribution in [1.82, 2.24) is 15.1 Å².